The number of hydrogen-bond donors (Lipinski definition) is 1. The maximum absolute atomic E-state index is 11.3. The van der Waals surface area contributed by atoms with Crippen molar-refractivity contribution in [1.82, 2.24) is 0 Å². The first-order chi connectivity index (χ1) is 18.3. The Morgan fingerprint density at radius 3 is 1.95 bits per heavy atom. The third-order valence-corrected chi connectivity index (χ3v) is 7.94. The first-order valence-corrected chi connectivity index (χ1v) is 13.0. The lowest BCUT2D eigenvalue weighted by atomic mass is 9.93. The smallest absolute Gasteiger partial charge is 0.220 e. The fraction of sp³-hybridized carbons (Fsp3) is 1.00. The van der Waals surface area contributed by atoms with E-state index in [1.807, 2.05) is 13.8 Å². The van der Waals surface area contributed by atoms with Crippen molar-refractivity contribution in [3.05, 3.63) is 10.4 Å². The highest BCUT2D eigenvalue weighted by molar-refractivity contribution is 5.02. The molecule has 39 heavy (non-hydrogen) atoms. The largest absolute Gasteiger partial charge is 0.385 e. The van der Waals surface area contributed by atoms with Crippen LogP contribution in [0.5, 0.6) is 0 Å². The van der Waals surface area contributed by atoms with E-state index in [2.05, 4.69) is 10.0 Å². The number of hydrogen-bond acceptors (Lipinski definition) is 13. The molecule has 5 aliphatic rings. The normalized spacial score (nSPS) is 50.0. The molecule has 222 valence electrons. The molecule has 0 unspecified atom stereocenters. The summed E-state index contributed by atoms with van der Waals surface area (Å²) in [6.07, 6.45) is -7.93. The van der Waals surface area contributed by atoms with Gasteiger partial charge in [-0.1, -0.05) is 5.11 Å². The van der Waals surface area contributed by atoms with E-state index in [-0.39, 0.29) is 13.2 Å². The average molecular weight is 562 g/mol. The molecule has 5 aliphatic heterocycles. The molecule has 0 radical (unpaired) electrons. The number of aliphatic hydroxyl groups is 1. The van der Waals surface area contributed by atoms with E-state index in [1.165, 1.54) is 14.2 Å². The van der Waals surface area contributed by atoms with Gasteiger partial charge in [0.1, 0.15) is 42.7 Å². The van der Waals surface area contributed by atoms with Crippen molar-refractivity contribution in [3.63, 3.8) is 0 Å². The molecule has 12 atom stereocenters. The van der Waals surface area contributed by atoms with Crippen LogP contribution in [0.4, 0.5) is 0 Å². The molecular formula is C24H39N3O12. The zero-order valence-corrected chi connectivity index (χ0v) is 23.5. The van der Waals surface area contributed by atoms with Crippen molar-refractivity contribution in [2.75, 3.05) is 27.4 Å². The molecule has 15 nitrogen and oxygen atoms in total. The SMILES string of the molecule is CO[C@@]1(C)O[C@@H]2[C@@H](O)[C@@H](OC[C@H]3O[C@@H]4OC(C)(C)O[C@@H]4[C@H]4OC(C)(C)O[C@H]43)O[C@H](CN=[N+]=[N-])[C@H]2O[C@]1(C)OC. The van der Waals surface area contributed by atoms with E-state index < -0.39 is 84.6 Å². The van der Waals surface area contributed by atoms with Crippen molar-refractivity contribution in [2.24, 2.45) is 5.11 Å². The van der Waals surface area contributed by atoms with Gasteiger partial charge in [0, 0.05) is 19.1 Å². The van der Waals surface area contributed by atoms with Gasteiger partial charge in [0.25, 0.3) is 0 Å². The van der Waals surface area contributed by atoms with Gasteiger partial charge >= 0.3 is 0 Å². The molecule has 15 heteroatoms. The van der Waals surface area contributed by atoms with Crippen molar-refractivity contribution >= 4 is 0 Å². The minimum Gasteiger partial charge on any atom is -0.385 e. The number of azide groups is 1. The summed E-state index contributed by atoms with van der Waals surface area (Å²) >= 11 is 0. The third kappa shape index (κ3) is 5.18. The number of nitrogens with zero attached hydrogens (tertiary/aromatic N) is 3. The molecule has 0 spiro atoms. The lowest BCUT2D eigenvalue weighted by Crippen LogP contribution is -2.73. The lowest BCUT2D eigenvalue weighted by Gasteiger charge is -2.56. The Kier molecular flexibility index (Phi) is 7.73. The minimum absolute atomic E-state index is 0.0425. The van der Waals surface area contributed by atoms with Crippen LogP contribution in [0.1, 0.15) is 41.5 Å². The van der Waals surface area contributed by atoms with Crippen LogP contribution in [0.25, 0.3) is 10.4 Å². The molecule has 5 saturated heterocycles. The second kappa shape index (κ2) is 10.3. The van der Waals surface area contributed by atoms with E-state index in [0.717, 1.165) is 0 Å². The van der Waals surface area contributed by atoms with Gasteiger partial charge in [-0.05, 0) is 47.1 Å². The molecule has 5 rings (SSSR count). The van der Waals surface area contributed by atoms with Crippen LogP contribution in [0, 0.1) is 0 Å². The second-order valence-electron chi connectivity index (χ2n) is 11.5. The molecule has 0 aliphatic carbocycles. The number of methoxy groups -OCH3 is 2. The van der Waals surface area contributed by atoms with E-state index in [4.69, 9.17) is 57.6 Å². The first kappa shape index (κ1) is 29.3. The quantitative estimate of drug-likeness (QED) is 0.269. The van der Waals surface area contributed by atoms with Gasteiger partial charge in [-0.2, -0.15) is 0 Å². The second-order valence-corrected chi connectivity index (χ2v) is 11.5. The highest BCUT2D eigenvalue weighted by Gasteiger charge is 2.63. The van der Waals surface area contributed by atoms with Gasteiger partial charge in [0.05, 0.1) is 19.3 Å². The van der Waals surface area contributed by atoms with Crippen LogP contribution < -0.4 is 0 Å². The average Bonchev–Trinajstić information content (AvgIpc) is 3.37. The standard InChI is InChI=1S/C24H39N3O12/c1-21(2)34-15-12(33-20-18(17(15)35-21)36-22(3,4)39-20)10-31-19-13(28)16-14(11(32-19)9-26-27-25)37-23(5,29-7)24(6,30-8)38-16/h11-20,28H,9-10H2,1-8H3/t11-,12-,13-,14-,15+,16-,17+,18-,19+,20-,23+,24+/m1/s1. The van der Waals surface area contributed by atoms with Gasteiger partial charge in [-0.15, -0.1) is 0 Å². The Morgan fingerprint density at radius 2 is 1.31 bits per heavy atom. The Labute approximate surface area is 226 Å². The van der Waals surface area contributed by atoms with Gasteiger partial charge in [0.2, 0.25) is 11.6 Å². The molecule has 0 amide bonds. The Morgan fingerprint density at radius 1 is 0.744 bits per heavy atom. The summed E-state index contributed by atoms with van der Waals surface area (Å²) in [6.45, 7) is 10.4. The number of rotatable bonds is 7. The van der Waals surface area contributed by atoms with Gasteiger partial charge < -0.3 is 57.2 Å². The minimum atomic E-state index is -1.38. The fourth-order valence-electron chi connectivity index (χ4n) is 5.79. The van der Waals surface area contributed by atoms with Gasteiger partial charge in [-0.3, -0.25) is 0 Å². The monoisotopic (exact) mass is 561 g/mol. The van der Waals surface area contributed by atoms with Crippen LogP contribution in [-0.2, 0) is 52.1 Å². The van der Waals surface area contributed by atoms with E-state index in [9.17, 15) is 5.11 Å². The van der Waals surface area contributed by atoms with Crippen molar-refractivity contribution < 1.29 is 57.2 Å². The number of fused-ring (bicyclic) bond motifs is 4. The zero-order chi connectivity index (χ0) is 28.4. The topological polar surface area (TPSA) is 171 Å². The highest BCUT2D eigenvalue weighted by atomic mass is 16.9. The van der Waals surface area contributed by atoms with Crippen LogP contribution in [0.3, 0.4) is 0 Å². The predicted molar refractivity (Wildman–Crippen MR) is 128 cm³/mol. The lowest BCUT2D eigenvalue weighted by molar-refractivity contribution is -0.478. The molecule has 5 heterocycles. The van der Waals surface area contributed by atoms with Crippen molar-refractivity contribution in [1.29, 1.82) is 0 Å². The summed E-state index contributed by atoms with van der Waals surface area (Å²) in [4.78, 5) is 2.84. The summed E-state index contributed by atoms with van der Waals surface area (Å²) in [7, 11) is 2.90. The van der Waals surface area contributed by atoms with E-state index >= 15 is 0 Å². The van der Waals surface area contributed by atoms with Gasteiger partial charge in [0.15, 0.2) is 24.2 Å². The summed E-state index contributed by atoms with van der Waals surface area (Å²) in [5.74, 6) is -4.46. The third-order valence-electron chi connectivity index (χ3n) is 7.94. The molecule has 0 aromatic heterocycles. The molecule has 0 saturated carbocycles. The molecule has 5 fully saturated rings. The van der Waals surface area contributed by atoms with E-state index in [0.29, 0.717) is 0 Å². The molecular weight excluding hydrogens is 522 g/mol. The number of ether oxygens (including phenoxy) is 11. The van der Waals surface area contributed by atoms with Crippen molar-refractivity contribution in [2.45, 2.75) is 126 Å². The maximum atomic E-state index is 11.3. The van der Waals surface area contributed by atoms with Crippen LogP contribution >= 0.6 is 0 Å². The Bertz CT molecular complexity index is 965. The summed E-state index contributed by atoms with van der Waals surface area (Å²) < 4.78 is 66.2. The molecule has 0 aromatic carbocycles. The number of aliphatic hydroxyl groups excluding tert-OH is 1. The summed E-state index contributed by atoms with van der Waals surface area (Å²) in [6, 6.07) is 0. The van der Waals surface area contributed by atoms with Crippen LogP contribution in [-0.4, -0.2) is 117 Å². The summed E-state index contributed by atoms with van der Waals surface area (Å²) in [5.41, 5.74) is 8.94. The molecule has 0 bridgehead atoms. The predicted octanol–water partition coefficient (Wildman–Crippen LogP) is 1.30. The van der Waals surface area contributed by atoms with Gasteiger partial charge in [-0.25, -0.2) is 0 Å². The Balaban J connectivity index is 1.34. The van der Waals surface area contributed by atoms with E-state index in [1.54, 1.807) is 27.7 Å². The molecule has 1 N–H and O–H groups in total. The Hall–Kier alpha value is -1.17. The fourth-order valence-corrected chi connectivity index (χ4v) is 5.79. The maximum Gasteiger partial charge on any atom is 0.220 e. The van der Waals surface area contributed by atoms with Crippen LogP contribution in [0.2, 0.25) is 0 Å². The summed E-state index contributed by atoms with van der Waals surface area (Å²) in [5, 5.41) is 15.0. The van der Waals surface area contributed by atoms with Crippen molar-refractivity contribution in [3.8, 4) is 0 Å². The first-order valence-electron chi connectivity index (χ1n) is 13.0. The molecule has 0 aromatic rings. The van der Waals surface area contributed by atoms with Crippen LogP contribution in [0.15, 0.2) is 5.11 Å². The highest BCUT2D eigenvalue weighted by Crippen LogP contribution is 2.46. The zero-order valence-electron chi connectivity index (χ0n) is 23.5.